The van der Waals surface area contributed by atoms with Crippen molar-refractivity contribution in [1.29, 1.82) is 0 Å². The van der Waals surface area contributed by atoms with Gasteiger partial charge in [0, 0.05) is 33.5 Å². The first-order valence-electron chi connectivity index (χ1n) is 15.3. The van der Waals surface area contributed by atoms with E-state index in [0.29, 0.717) is 0 Å². The quantitative estimate of drug-likeness (QED) is 0.203. The molecule has 9 aromatic rings. The molecule has 0 unspecified atom stereocenters. The fraction of sp³-hybridized carbons (Fsp3) is 0. The van der Waals surface area contributed by atoms with Crippen molar-refractivity contribution in [3.8, 4) is 16.8 Å². The lowest BCUT2D eigenvalue weighted by Crippen LogP contribution is -2.09. The molecule has 212 valence electrons. The molecule has 3 nitrogen and oxygen atoms in total. The van der Waals surface area contributed by atoms with Crippen molar-refractivity contribution in [3.05, 3.63) is 170 Å². The fourth-order valence-electron chi connectivity index (χ4n) is 6.77. The minimum atomic E-state index is 0.855. The van der Waals surface area contributed by atoms with Gasteiger partial charge >= 0.3 is 0 Å². The first-order chi connectivity index (χ1) is 22.3. The van der Waals surface area contributed by atoms with Crippen LogP contribution in [-0.2, 0) is 0 Å². The Bertz CT molecular complexity index is 2460. The highest BCUT2D eigenvalue weighted by molar-refractivity contribution is 6.26. The number of para-hydroxylation sites is 2. The summed E-state index contributed by atoms with van der Waals surface area (Å²) in [4.78, 5) is 2.32. The van der Waals surface area contributed by atoms with Gasteiger partial charge in [0.1, 0.15) is 11.2 Å². The number of aromatic nitrogens is 1. The minimum absolute atomic E-state index is 0.855. The lowest BCUT2D eigenvalue weighted by atomic mass is 10.0. The van der Waals surface area contributed by atoms with Gasteiger partial charge in [0.15, 0.2) is 0 Å². The standard InChI is InChI=1S/C42H28N2O/c1-4-12-29(13-5-1)30-22-24-33(25-23-30)43(31-14-6-2-7-15-31)34-26-27-39-36(28-34)35-18-10-19-37-41(35)42-38(20-11-21-40(42)45-39)44(37)32-16-8-3-9-17-32/h1-28H. The summed E-state index contributed by atoms with van der Waals surface area (Å²) in [7, 11) is 0. The maximum absolute atomic E-state index is 6.75. The molecule has 2 heterocycles. The predicted octanol–water partition coefficient (Wildman–Crippen LogP) is 11.8. The highest BCUT2D eigenvalue weighted by Gasteiger charge is 2.20. The van der Waals surface area contributed by atoms with E-state index in [4.69, 9.17) is 4.42 Å². The van der Waals surface area contributed by atoms with Gasteiger partial charge in [-0.15, -0.1) is 0 Å². The van der Waals surface area contributed by atoms with Crippen LogP contribution in [-0.4, -0.2) is 4.57 Å². The molecule has 0 aliphatic rings. The van der Waals surface area contributed by atoms with E-state index in [1.54, 1.807) is 0 Å². The van der Waals surface area contributed by atoms with Gasteiger partial charge in [0.2, 0.25) is 0 Å². The zero-order valence-electron chi connectivity index (χ0n) is 24.5. The Labute approximate surface area is 260 Å². The Kier molecular flexibility index (Phi) is 5.82. The van der Waals surface area contributed by atoms with Crippen LogP contribution in [0.25, 0.3) is 60.6 Å². The van der Waals surface area contributed by atoms with Crippen molar-refractivity contribution >= 4 is 60.8 Å². The Hall–Kier alpha value is -6.06. The van der Waals surface area contributed by atoms with Crippen LogP contribution in [0.15, 0.2) is 174 Å². The van der Waals surface area contributed by atoms with Gasteiger partial charge in [0.05, 0.1) is 16.4 Å². The lowest BCUT2D eigenvalue weighted by Gasteiger charge is -2.26. The molecule has 3 heteroatoms. The van der Waals surface area contributed by atoms with Crippen LogP contribution in [0.3, 0.4) is 0 Å². The molecule has 0 spiro atoms. The SMILES string of the molecule is c1ccc(-c2ccc(N(c3ccccc3)c3ccc4oc5cccc6c5c5c(cccc5n6-c5ccccc5)c4c3)cc2)cc1. The van der Waals surface area contributed by atoms with E-state index in [2.05, 4.69) is 179 Å². The summed E-state index contributed by atoms with van der Waals surface area (Å²) in [5.41, 5.74) is 10.8. The van der Waals surface area contributed by atoms with Crippen molar-refractivity contribution in [2.75, 3.05) is 4.90 Å². The van der Waals surface area contributed by atoms with Gasteiger partial charge in [-0.1, -0.05) is 97.1 Å². The maximum Gasteiger partial charge on any atom is 0.137 e. The molecule has 0 aliphatic heterocycles. The average Bonchev–Trinajstić information content (AvgIpc) is 3.38. The first-order valence-corrected chi connectivity index (χ1v) is 15.3. The van der Waals surface area contributed by atoms with E-state index in [1.807, 2.05) is 0 Å². The normalized spacial score (nSPS) is 11.6. The zero-order chi connectivity index (χ0) is 29.7. The molecule has 7 aromatic carbocycles. The summed E-state index contributed by atoms with van der Waals surface area (Å²) < 4.78 is 9.10. The molecule has 0 radical (unpaired) electrons. The molecular weight excluding hydrogens is 548 g/mol. The van der Waals surface area contributed by atoms with E-state index < -0.39 is 0 Å². The van der Waals surface area contributed by atoms with Crippen LogP contribution in [0.5, 0.6) is 0 Å². The molecular formula is C42H28N2O. The summed E-state index contributed by atoms with van der Waals surface area (Å²) in [6.45, 7) is 0. The van der Waals surface area contributed by atoms with E-state index in [-0.39, 0.29) is 0 Å². The van der Waals surface area contributed by atoms with E-state index >= 15 is 0 Å². The second kappa shape index (κ2) is 10.3. The molecule has 45 heavy (non-hydrogen) atoms. The Balaban J connectivity index is 1.30. The van der Waals surface area contributed by atoms with E-state index in [0.717, 1.165) is 50.2 Å². The summed E-state index contributed by atoms with van der Waals surface area (Å²) in [5, 5.41) is 4.59. The van der Waals surface area contributed by atoms with Crippen LogP contribution in [0.4, 0.5) is 17.1 Å². The topological polar surface area (TPSA) is 21.3 Å². The highest BCUT2D eigenvalue weighted by Crippen LogP contribution is 2.43. The third-order valence-electron chi connectivity index (χ3n) is 8.77. The third kappa shape index (κ3) is 4.13. The van der Waals surface area contributed by atoms with Crippen LogP contribution in [0.1, 0.15) is 0 Å². The zero-order valence-corrected chi connectivity index (χ0v) is 24.5. The third-order valence-corrected chi connectivity index (χ3v) is 8.77. The molecule has 0 saturated carbocycles. The number of anilines is 3. The maximum atomic E-state index is 6.75. The molecule has 0 fully saturated rings. The molecule has 0 aliphatic carbocycles. The van der Waals surface area contributed by atoms with Gasteiger partial charge in [-0.05, 0) is 89.3 Å². The number of benzene rings is 7. The average molecular weight is 577 g/mol. The number of hydrogen-bond donors (Lipinski definition) is 0. The van der Waals surface area contributed by atoms with Crippen molar-refractivity contribution in [2.24, 2.45) is 0 Å². The van der Waals surface area contributed by atoms with Gasteiger partial charge < -0.3 is 13.9 Å². The largest absolute Gasteiger partial charge is 0.456 e. The summed E-state index contributed by atoms with van der Waals surface area (Å²) >= 11 is 0. The van der Waals surface area contributed by atoms with Crippen molar-refractivity contribution in [3.63, 3.8) is 0 Å². The van der Waals surface area contributed by atoms with Crippen molar-refractivity contribution in [2.45, 2.75) is 0 Å². The van der Waals surface area contributed by atoms with Gasteiger partial charge in [-0.25, -0.2) is 0 Å². The number of rotatable bonds is 5. The molecule has 0 bridgehead atoms. The van der Waals surface area contributed by atoms with Crippen LogP contribution in [0, 0.1) is 0 Å². The second-order valence-electron chi connectivity index (χ2n) is 11.4. The Morgan fingerprint density at radius 1 is 0.400 bits per heavy atom. The number of nitrogens with zero attached hydrogens (tertiary/aromatic N) is 2. The first kappa shape index (κ1) is 25.4. The fourth-order valence-corrected chi connectivity index (χ4v) is 6.77. The number of hydrogen-bond acceptors (Lipinski definition) is 2. The lowest BCUT2D eigenvalue weighted by molar-refractivity contribution is 0.664. The van der Waals surface area contributed by atoms with Crippen molar-refractivity contribution in [1.82, 2.24) is 4.57 Å². The molecule has 0 N–H and O–H groups in total. The molecule has 0 amide bonds. The summed E-state index contributed by atoms with van der Waals surface area (Å²) in [5.74, 6) is 0. The molecule has 0 atom stereocenters. The summed E-state index contributed by atoms with van der Waals surface area (Å²) in [6, 6.07) is 60.0. The highest BCUT2D eigenvalue weighted by atomic mass is 16.3. The molecule has 2 aromatic heterocycles. The summed E-state index contributed by atoms with van der Waals surface area (Å²) in [6.07, 6.45) is 0. The molecule has 9 rings (SSSR count). The second-order valence-corrected chi connectivity index (χ2v) is 11.4. The van der Waals surface area contributed by atoms with Gasteiger partial charge in [0.25, 0.3) is 0 Å². The molecule has 0 saturated heterocycles. The number of fused-ring (bicyclic) bond motifs is 2. The predicted molar refractivity (Wildman–Crippen MR) is 188 cm³/mol. The van der Waals surface area contributed by atoms with Crippen LogP contribution in [0.2, 0.25) is 0 Å². The Morgan fingerprint density at radius 2 is 1.00 bits per heavy atom. The van der Waals surface area contributed by atoms with Gasteiger partial charge in [-0.3, -0.25) is 0 Å². The Morgan fingerprint density at radius 3 is 1.76 bits per heavy atom. The van der Waals surface area contributed by atoms with Crippen molar-refractivity contribution < 1.29 is 4.42 Å². The van der Waals surface area contributed by atoms with E-state index in [1.165, 1.54) is 27.4 Å². The van der Waals surface area contributed by atoms with Crippen LogP contribution < -0.4 is 4.90 Å². The minimum Gasteiger partial charge on any atom is -0.456 e. The van der Waals surface area contributed by atoms with Gasteiger partial charge in [-0.2, -0.15) is 0 Å². The van der Waals surface area contributed by atoms with Crippen LogP contribution >= 0.6 is 0 Å². The smallest absolute Gasteiger partial charge is 0.137 e. The van der Waals surface area contributed by atoms with E-state index in [9.17, 15) is 0 Å². The monoisotopic (exact) mass is 576 g/mol.